The number of nitrogens with one attached hydrogen (secondary N) is 1. The van der Waals surface area contributed by atoms with Gasteiger partial charge in [0.25, 0.3) is 0 Å². The van der Waals surface area contributed by atoms with E-state index in [4.69, 9.17) is 9.84 Å². The van der Waals surface area contributed by atoms with Gasteiger partial charge in [-0.15, -0.1) is 0 Å². The highest BCUT2D eigenvalue weighted by molar-refractivity contribution is 5.76. The van der Waals surface area contributed by atoms with Crippen LogP contribution in [-0.4, -0.2) is 55.0 Å². The molecule has 0 aliphatic carbocycles. The number of nitrogens with zero attached hydrogens (tertiary/aromatic N) is 1. The molecule has 1 saturated heterocycles. The number of amides is 2. The SMILES string of the molecule is CC1CNC(=O)N1CCCOCCCO. The molecular weight excluding hydrogens is 196 g/mol. The molecule has 0 bridgehead atoms. The van der Waals surface area contributed by atoms with Crippen LogP contribution in [0.25, 0.3) is 0 Å². The average molecular weight is 216 g/mol. The summed E-state index contributed by atoms with van der Waals surface area (Å²) in [6.45, 7) is 4.93. The van der Waals surface area contributed by atoms with E-state index in [1.54, 1.807) is 0 Å². The first-order valence-corrected chi connectivity index (χ1v) is 5.48. The fraction of sp³-hybridized carbons (Fsp3) is 0.900. The monoisotopic (exact) mass is 216 g/mol. The Bertz CT molecular complexity index is 199. The summed E-state index contributed by atoms with van der Waals surface area (Å²) in [4.78, 5) is 13.1. The van der Waals surface area contributed by atoms with E-state index >= 15 is 0 Å². The molecular formula is C10H20N2O3. The fourth-order valence-electron chi connectivity index (χ4n) is 1.57. The van der Waals surface area contributed by atoms with Gasteiger partial charge in [-0.1, -0.05) is 0 Å². The predicted octanol–water partition coefficient (Wildman–Crippen LogP) is 0.189. The van der Waals surface area contributed by atoms with Gasteiger partial charge in [-0.2, -0.15) is 0 Å². The molecule has 5 heteroatoms. The minimum absolute atomic E-state index is 0.0258. The Hall–Kier alpha value is -0.810. The van der Waals surface area contributed by atoms with Crippen molar-refractivity contribution in [2.45, 2.75) is 25.8 Å². The molecule has 0 aromatic carbocycles. The molecule has 15 heavy (non-hydrogen) atoms. The Kier molecular flexibility index (Phi) is 5.42. The molecule has 2 N–H and O–H groups in total. The van der Waals surface area contributed by atoms with E-state index < -0.39 is 0 Å². The number of carbonyl (C=O) groups is 1. The maximum Gasteiger partial charge on any atom is 0.317 e. The van der Waals surface area contributed by atoms with Crippen molar-refractivity contribution in [3.8, 4) is 0 Å². The first kappa shape index (κ1) is 12.3. The van der Waals surface area contributed by atoms with E-state index in [9.17, 15) is 4.79 Å². The number of carbonyl (C=O) groups excluding carboxylic acids is 1. The summed E-state index contributed by atoms with van der Waals surface area (Å²) in [5.41, 5.74) is 0. The second kappa shape index (κ2) is 6.63. The van der Waals surface area contributed by atoms with E-state index in [0.717, 1.165) is 19.5 Å². The summed E-state index contributed by atoms with van der Waals surface area (Å²) in [6.07, 6.45) is 1.53. The van der Waals surface area contributed by atoms with E-state index in [1.165, 1.54) is 0 Å². The zero-order valence-corrected chi connectivity index (χ0v) is 9.24. The van der Waals surface area contributed by atoms with Crippen molar-refractivity contribution in [3.63, 3.8) is 0 Å². The third kappa shape index (κ3) is 4.05. The van der Waals surface area contributed by atoms with Crippen molar-refractivity contribution in [1.82, 2.24) is 10.2 Å². The van der Waals surface area contributed by atoms with Crippen molar-refractivity contribution >= 4 is 6.03 Å². The normalized spacial score (nSPS) is 20.8. The zero-order chi connectivity index (χ0) is 11.1. The van der Waals surface area contributed by atoms with Gasteiger partial charge in [0.1, 0.15) is 0 Å². The highest BCUT2D eigenvalue weighted by Crippen LogP contribution is 2.06. The van der Waals surface area contributed by atoms with E-state index in [0.29, 0.717) is 19.6 Å². The molecule has 88 valence electrons. The lowest BCUT2D eigenvalue weighted by molar-refractivity contribution is 0.107. The molecule has 1 atom stereocenters. The van der Waals surface area contributed by atoms with Crippen molar-refractivity contribution < 1.29 is 14.6 Å². The van der Waals surface area contributed by atoms with Crippen LogP contribution < -0.4 is 5.32 Å². The first-order valence-electron chi connectivity index (χ1n) is 5.48. The maximum atomic E-state index is 11.3. The van der Waals surface area contributed by atoms with Crippen LogP contribution in [0.5, 0.6) is 0 Å². The number of aliphatic hydroxyl groups is 1. The van der Waals surface area contributed by atoms with Crippen molar-refractivity contribution in [3.05, 3.63) is 0 Å². The molecule has 1 heterocycles. The third-order valence-electron chi connectivity index (χ3n) is 2.48. The summed E-state index contributed by atoms with van der Waals surface area (Å²) in [5, 5.41) is 11.3. The third-order valence-corrected chi connectivity index (χ3v) is 2.48. The average Bonchev–Trinajstić information content (AvgIpc) is 2.54. The smallest absolute Gasteiger partial charge is 0.317 e. The van der Waals surface area contributed by atoms with Crippen LogP contribution in [0.15, 0.2) is 0 Å². The Morgan fingerprint density at radius 2 is 2.27 bits per heavy atom. The van der Waals surface area contributed by atoms with Gasteiger partial charge >= 0.3 is 6.03 Å². The van der Waals surface area contributed by atoms with Crippen LogP contribution in [0.4, 0.5) is 4.79 Å². The minimum atomic E-state index is 0.0258. The molecule has 1 aliphatic heterocycles. The second-order valence-electron chi connectivity index (χ2n) is 3.77. The molecule has 1 fully saturated rings. The van der Waals surface area contributed by atoms with Gasteiger partial charge in [0.2, 0.25) is 0 Å². The lowest BCUT2D eigenvalue weighted by Crippen LogP contribution is -2.33. The van der Waals surface area contributed by atoms with Gasteiger partial charge in [-0.05, 0) is 19.8 Å². The van der Waals surface area contributed by atoms with Gasteiger partial charge in [0.05, 0.1) is 0 Å². The van der Waals surface area contributed by atoms with Crippen LogP contribution in [0, 0.1) is 0 Å². The van der Waals surface area contributed by atoms with Crippen LogP contribution in [0.3, 0.4) is 0 Å². The maximum absolute atomic E-state index is 11.3. The molecule has 1 unspecified atom stereocenters. The highest BCUT2D eigenvalue weighted by atomic mass is 16.5. The van der Waals surface area contributed by atoms with E-state index in [1.807, 2.05) is 11.8 Å². The number of ether oxygens (including phenoxy) is 1. The topological polar surface area (TPSA) is 61.8 Å². The molecule has 2 amide bonds. The largest absolute Gasteiger partial charge is 0.396 e. The number of hydrogen-bond donors (Lipinski definition) is 2. The summed E-state index contributed by atoms with van der Waals surface area (Å²) >= 11 is 0. The zero-order valence-electron chi connectivity index (χ0n) is 9.24. The van der Waals surface area contributed by atoms with E-state index in [2.05, 4.69) is 5.32 Å². The molecule has 0 aromatic rings. The van der Waals surface area contributed by atoms with Gasteiger partial charge in [0, 0.05) is 39.0 Å². The molecule has 1 aliphatic rings. The summed E-state index contributed by atoms with van der Waals surface area (Å²) in [5.74, 6) is 0. The molecule has 0 radical (unpaired) electrons. The van der Waals surface area contributed by atoms with Crippen molar-refractivity contribution in [1.29, 1.82) is 0 Å². The number of urea groups is 1. The van der Waals surface area contributed by atoms with Crippen LogP contribution in [0.1, 0.15) is 19.8 Å². The molecule has 5 nitrogen and oxygen atoms in total. The lowest BCUT2D eigenvalue weighted by atomic mass is 10.3. The van der Waals surface area contributed by atoms with Crippen LogP contribution in [-0.2, 0) is 4.74 Å². The Labute approximate surface area is 90.4 Å². The number of aliphatic hydroxyl groups excluding tert-OH is 1. The summed E-state index contributed by atoms with van der Waals surface area (Å²) in [7, 11) is 0. The molecule has 1 rings (SSSR count). The van der Waals surface area contributed by atoms with E-state index in [-0.39, 0.29) is 18.7 Å². The summed E-state index contributed by atoms with van der Waals surface area (Å²) < 4.78 is 5.29. The van der Waals surface area contributed by atoms with Crippen molar-refractivity contribution in [2.75, 3.05) is 32.9 Å². The Morgan fingerprint density at radius 3 is 2.87 bits per heavy atom. The lowest BCUT2D eigenvalue weighted by Gasteiger charge is -2.19. The van der Waals surface area contributed by atoms with Crippen LogP contribution in [0.2, 0.25) is 0 Å². The second-order valence-corrected chi connectivity index (χ2v) is 3.77. The quantitative estimate of drug-likeness (QED) is 0.597. The number of rotatable bonds is 7. The van der Waals surface area contributed by atoms with Crippen LogP contribution >= 0.6 is 0 Å². The predicted molar refractivity (Wildman–Crippen MR) is 56.7 cm³/mol. The molecule has 0 saturated carbocycles. The Balaban J connectivity index is 2.02. The standard InChI is InChI=1S/C10H20N2O3/c1-9-8-11-10(14)12(9)4-2-6-15-7-3-5-13/h9,13H,2-8H2,1H3,(H,11,14). The molecule has 0 aromatic heterocycles. The Morgan fingerprint density at radius 1 is 1.53 bits per heavy atom. The summed E-state index contributed by atoms with van der Waals surface area (Å²) in [6, 6.07) is 0.313. The minimum Gasteiger partial charge on any atom is -0.396 e. The van der Waals surface area contributed by atoms with Gasteiger partial charge in [-0.3, -0.25) is 0 Å². The van der Waals surface area contributed by atoms with Crippen molar-refractivity contribution in [2.24, 2.45) is 0 Å². The first-order chi connectivity index (χ1) is 7.25. The van der Waals surface area contributed by atoms with Gasteiger partial charge in [0.15, 0.2) is 0 Å². The highest BCUT2D eigenvalue weighted by Gasteiger charge is 2.25. The van der Waals surface area contributed by atoms with Gasteiger partial charge in [-0.25, -0.2) is 4.79 Å². The fourth-order valence-corrected chi connectivity index (χ4v) is 1.57. The molecule has 0 spiro atoms. The van der Waals surface area contributed by atoms with Gasteiger partial charge < -0.3 is 20.1 Å². The number of hydrogen-bond acceptors (Lipinski definition) is 3.